The molecule has 29 heavy (non-hydrogen) atoms. The topological polar surface area (TPSA) is 116 Å². The molecule has 1 atom stereocenters. The van der Waals surface area contributed by atoms with Crippen molar-refractivity contribution >= 4 is 27.9 Å². The van der Waals surface area contributed by atoms with Crippen molar-refractivity contribution in [1.29, 1.82) is 0 Å². The maximum atomic E-state index is 13.0. The zero-order valence-electron chi connectivity index (χ0n) is 16.6. The van der Waals surface area contributed by atoms with Crippen LogP contribution in [0.3, 0.4) is 0 Å². The van der Waals surface area contributed by atoms with Crippen molar-refractivity contribution < 1.29 is 22.8 Å². The SMILES string of the molecule is CC[C@@]1(C)NC(=O)N(NC(=O)c2cccc(S(=O)(=O)N3CCCCCC3)c2)C1=O. The lowest BCUT2D eigenvalue weighted by molar-refractivity contribution is -0.132. The smallest absolute Gasteiger partial charge is 0.322 e. The first-order chi connectivity index (χ1) is 13.7. The number of benzene rings is 1. The second kappa shape index (κ2) is 8.11. The van der Waals surface area contributed by atoms with Gasteiger partial charge >= 0.3 is 6.03 Å². The Bertz CT molecular complexity index is 924. The van der Waals surface area contributed by atoms with Crippen LogP contribution < -0.4 is 10.7 Å². The summed E-state index contributed by atoms with van der Waals surface area (Å²) in [6.45, 7) is 4.24. The molecular formula is C19H26N4O5S. The van der Waals surface area contributed by atoms with Crippen LogP contribution in [0.5, 0.6) is 0 Å². The first kappa shape index (κ1) is 21.3. The Morgan fingerprint density at radius 2 is 1.83 bits per heavy atom. The van der Waals surface area contributed by atoms with E-state index in [1.165, 1.54) is 28.6 Å². The number of hydrazine groups is 1. The fraction of sp³-hybridized carbons (Fsp3) is 0.526. The lowest BCUT2D eigenvalue weighted by Gasteiger charge is -2.21. The van der Waals surface area contributed by atoms with E-state index < -0.39 is 33.4 Å². The molecule has 2 aliphatic rings. The highest BCUT2D eigenvalue weighted by Crippen LogP contribution is 2.22. The zero-order chi connectivity index (χ0) is 21.2. The summed E-state index contributed by atoms with van der Waals surface area (Å²) in [6.07, 6.45) is 3.98. The van der Waals surface area contributed by atoms with E-state index in [2.05, 4.69) is 10.7 Å². The first-order valence-electron chi connectivity index (χ1n) is 9.77. The number of carbonyl (C=O) groups is 3. The number of rotatable bonds is 5. The molecule has 1 aromatic rings. The molecule has 0 spiro atoms. The highest BCUT2D eigenvalue weighted by atomic mass is 32.2. The molecule has 2 fully saturated rings. The van der Waals surface area contributed by atoms with Crippen molar-refractivity contribution in [3.63, 3.8) is 0 Å². The number of hydrogen-bond acceptors (Lipinski definition) is 5. The number of urea groups is 1. The van der Waals surface area contributed by atoms with Gasteiger partial charge in [0.2, 0.25) is 10.0 Å². The largest absolute Gasteiger partial charge is 0.344 e. The molecule has 158 valence electrons. The van der Waals surface area contributed by atoms with Crippen LogP contribution in [0.25, 0.3) is 0 Å². The van der Waals surface area contributed by atoms with Gasteiger partial charge in [-0.2, -0.15) is 9.31 Å². The maximum absolute atomic E-state index is 13.0. The van der Waals surface area contributed by atoms with Crippen molar-refractivity contribution in [2.24, 2.45) is 0 Å². The third kappa shape index (κ3) is 4.13. The summed E-state index contributed by atoms with van der Waals surface area (Å²) < 4.78 is 27.4. The van der Waals surface area contributed by atoms with E-state index in [4.69, 9.17) is 0 Å². The van der Waals surface area contributed by atoms with E-state index >= 15 is 0 Å². The summed E-state index contributed by atoms with van der Waals surface area (Å²) in [5.74, 6) is -1.30. The Balaban J connectivity index is 1.79. The highest BCUT2D eigenvalue weighted by Gasteiger charge is 2.47. The molecule has 10 heteroatoms. The van der Waals surface area contributed by atoms with Gasteiger partial charge < -0.3 is 5.32 Å². The number of carbonyl (C=O) groups excluding carboxylic acids is 3. The van der Waals surface area contributed by atoms with Crippen molar-refractivity contribution in [2.75, 3.05) is 13.1 Å². The average Bonchev–Trinajstić information content (AvgIpc) is 2.92. The summed E-state index contributed by atoms with van der Waals surface area (Å²) in [6, 6.07) is 4.91. The van der Waals surface area contributed by atoms with Crippen LogP contribution in [0.1, 0.15) is 56.3 Å². The molecule has 2 N–H and O–H groups in total. The van der Waals surface area contributed by atoms with Crippen LogP contribution >= 0.6 is 0 Å². The van der Waals surface area contributed by atoms with Crippen LogP contribution in [0.2, 0.25) is 0 Å². The minimum atomic E-state index is -3.72. The van der Waals surface area contributed by atoms with E-state index in [1.54, 1.807) is 13.8 Å². The lowest BCUT2D eigenvalue weighted by atomic mass is 10.00. The number of hydrogen-bond donors (Lipinski definition) is 2. The van der Waals surface area contributed by atoms with Crippen molar-refractivity contribution in [3.8, 4) is 0 Å². The number of sulfonamides is 1. The summed E-state index contributed by atoms with van der Waals surface area (Å²) in [4.78, 5) is 37.1. The number of nitrogens with zero attached hydrogens (tertiary/aromatic N) is 2. The van der Waals surface area contributed by atoms with Crippen LogP contribution in [0, 0.1) is 0 Å². The second-order valence-corrected chi connectivity index (χ2v) is 9.48. The van der Waals surface area contributed by atoms with Crippen LogP contribution in [-0.4, -0.2) is 54.2 Å². The second-order valence-electron chi connectivity index (χ2n) is 7.54. The Morgan fingerprint density at radius 1 is 1.17 bits per heavy atom. The highest BCUT2D eigenvalue weighted by molar-refractivity contribution is 7.89. The molecule has 1 aromatic carbocycles. The van der Waals surface area contributed by atoms with E-state index in [-0.39, 0.29) is 10.5 Å². The van der Waals surface area contributed by atoms with E-state index in [0.29, 0.717) is 24.5 Å². The molecule has 2 saturated heterocycles. The van der Waals surface area contributed by atoms with Gasteiger partial charge in [0.1, 0.15) is 5.54 Å². The van der Waals surface area contributed by atoms with Crippen LogP contribution in [-0.2, 0) is 14.8 Å². The number of amides is 4. The quantitative estimate of drug-likeness (QED) is 0.700. The molecule has 2 aliphatic heterocycles. The van der Waals surface area contributed by atoms with Crippen LogP contribution in [0.4, 0.5) is 4.79 Å². The maximum Gasteiger partial charge on any atom is 0.344 e. The van der Waals surface area contributed by atoms with Gasteiger partial charge in [-0.3, -0.25) is 15.0 Å². The predicted octanol–water partition coefficient (Wildman–Crippen LogP) is 1.62. The van der Waals surface area contributed by atoms with Gasteiger partial charge in [0.25, 0.3) is 11.8 Å². The Labute approximate surface area is 170 Å². The van der Waals surface area contributed by atoms with Gasteiger partial charge in [-0.05, 0) is 44.4 Å². The molecule has 9 nitrogen and oxygen atoms in total. The molecule has 0 bridgehead atoms. The summed E-state index contributed by atoms with van der Waals surface area (Å²) in [5.41, 5.74) is 1.24. The Morgan fingerprint density at radius 3 is 2.41 bits per heavy atom. The molecule has 0 aromatic heterocycles. The molecule has 0 radical (unpaired) electrons. The van der Waals surface area contributed by atoms with E-state index in [1.807, 2.05) is 0 Å². The van der Waals surface area contributed by atoms with Gasteiger partial charge in [-0.15, -0.1) is 0 Å². The minimum Gasteiger partial charge on any atom is -0.322 e. The molecule has 0 saturated carbocycles. The van der Waals surface area contributed by atoms with Gasteiger partial charge in [0.15, 0.2) is 0 Å². The van der Waals surface area contributed by atoms with Crippen molar-refractivity contribution in [1.82, 2.24) is 20.1 Å². The predicted molar refractivity (Wildman–Crippen MR) is 105 cm³/mol. The van der Waals surface area contributed by atoms with E-state index in [9.17, 15) is 22.8 Å². The molecular weight excluding hydrogens is 396 g/mol. The van der Waals surface area contributed by atoms with Crippen molar-refractivity contribution in [2.45, 2.75) is 56.4 Å². The van der Waals surface area contributed by atoms with Gasteiger partial charge in [0, 0.05) is 18.7 Å². The molecule has 0 unspecified atom stereocenters. The average molecular weight is 423 g/mol. The Kier molecular flexibility index (Phi) is 5.95. The first-order valence-corrected chi connectivity index (χ1v) is 11.2. The molecule has 3 rings (SSSR count). The number of imide groups is 1. The normalized spacial score (nSPS) is 23.6. The Hall–Kier alpha value is -2.46. The summed E-state index contributed by atoms with van der Waals surface area (Å²) in [7, 11) is -3.72. The molecule has 0 aliphatic carbocycles. The molecule has 2 heterocycles. The zero-order valence-corrected chi connectivity index (χ0v) is 17.4. The summed E-state index contributed by atoms with van der Waals surface area (Å²) in [5, 5.41) is 3.18. The van der Waals surface area contributed by atoms with Crippen LogP contribution in [0.15, 0.2) is 29.2 Å². The summed E-state index contributed by atoms with van der Waals surface area (Å²) >= 11 is 0. The lowest BCUT2D eigenvalue weighted by Crippen LogP contribution is -2.48. The molecule has 4 amide bonds. The van der Waals surface area contributed by atoms with Crippen molar-refractivity contribution in [3.05, 3.63) is 29.8 Å². The number of nitrogens with one attached hydrogen (secondary N) is 2. The van der Waals surface area contributed by atoms with E-state index in [0.717, 1.165) is 25.7 Å². The standard InChI is InChI=1S/C19H26N4O5S/c1-3-19(2)17(25)23(18(26)20-19)21-16(24)14-9-8-10-15(13-14)29(27,28)22-11-6-4-5-7-12-22/h8-10,13H,3-7,11-12H2,1-2H3,(H,20,26)(H,21,24)/t19-/m1/s1. The third-order valence-electron chi connectivity index (χ3n) is 5.48. The fourth-order valence-electron chi connectivity index (χ4n) is 3.42. The van der Waals surface area contributed by atoms with Gasteiger partial charge in [-0.1, -0.05) is 25.8 Å². The monoisotopic (exact) mass is 422 g/mol. The van der Waals surface area contributed by atoms with Gasteiger partial charge in [0.05, 0.1) is 4.90 Å². The third-order valence-corrected chi connectivity index (χ3v) is 7.38. The minimum absolute atomic E-state index is 0.0163. The fourth-order valence-corrected chi connectivity index (χ4v) is 4.98. The van der Waals surface area contributed by atoms with Gasteiger partial charge in [-0.25, -0.2) is 13.2 Å².